The fourth-order valence-corrected chi connectivity index (χ4v) is 7.24. The first kappa shape index (κ1) is 31.8. The van der Waals surface area contributed by atoms with Crippen molar-refractivity contribution < 1.29 is 38.8 Å². The van der Waals surface area contributed by atoms with Crippen molar-refractivity contribution in [3.63, 3.8) is 0 Å². The highest BCUT2D eigenvalue weighted by Gasteiger charge is 2.53. The molecule has 0 aliphatic carbocycles. The molecule has 2 aromatic heterocycles. The van der Waals surface area contributed by atoms with Crippen LogP contribution < -0.4 is 32.2 Å². The lowest BCUT2D eigenvalue weighted by atomic mass is 10.0. The van der Waals surface area contributed by atoms with Gasteiger partial charge in [0.05, 0.1) is 29.2 Å². The van der Waals surface area contributed by atoms with E-state index in [-0.39, 0.29) is 38.7 Å². The Morgan fingerprint density at radius 3 is 2.67 bits per heavy atom. The number of rotatable bonds is 12. The Morgan fingerprint density at radius 2 is 2.07 bits per heavy atom. The average molecular weight is 652 g/mol. The van der Waals surface area contributed by atoms with Crippen molar-refractivity contribution in [3.8, 4) is 0 Å². The van der Waals surface area contributed by atoms with E-state index in [1.54, 1.807) is 10.6 Å². The second-order valence-corrected chi connectivity index (χ2v) is 12.9. The Labute approximate surface area is 257 Å². The predicted molar refractivity (Wildman–Crippen MR) is 157 cm³/mol. The third kappa shape index (κ3) is 6.62. The summed E-state index contributed by atoms with van der Waals surface area (Å²) in [6, 6.07) is 0.435. The SMILES string of the molecule is CCC[n+]1c(N)cc(N)nc1SCC1=C(C(=O)[O-])N2C(=O)C(NC(=O)/C(=N\OC(C)(C)C(=O)O)c3cnc(N)s3)C2SC1. The number of aromatic nitrogens is 3. The van der Waals surface area contributed by atoms with Gasteiger partial charge in [0.15, 0.2) is 10.8 Å². The van der Waals surface area contributed by atoms with Gasteiger partial charge in [0.25, 0.3) is 11.8 Å². The van der Waals surface area contributed by atoms with Crippen LogP contribution in [0.2, 0.25) is 0 Å². The maximum absolute atomic E-state index is 13.3. The van der Waals surface area contributed by atoms with Gasteiger partial charge in [-0.05, 0) is 37.6 Å². The Hall–Kier alpha value is -4.10. The van der Waals surface area contributed by atoms with E-state index in [0.717, 1.165) is 22.7 Å². The molecule has 2 atom stereocenters. The molecule has 0 aromatic carbocycles. The number of nitrogens with one attached hydrogen (secondary N) is 1. The Morgan fingerprint density at radius 1 is 1.35 bits per heavy atom. The zero-order chi connectivity index (χ0) is 31.6. The summed E-state index contributed by atoms with van der Waals surface area (Å²) in [6.07, 6.45) is 2.04. The van der Waals surface area contributed by atoms with Crippen LogP contribution in [0.15, 0.2) is 33.8 Å². The highest BCUT2D eigenvalue weighted by Crippen LogP contribution is 2.41. The van der Waals surface area contributed by atoms with Crippen LogP contribution in [0, 0.1) is 0 Å². The molecule has 8 N–H and O–H groups in total. The number of thiazole rings is 1. The smallest absolute Gasteiger partial charge is 0.350 e. The molecule has 230 valence electrons. The van der Waals surface area contributed by atoms with Gasteiger partial charge < -0.3 is 42.4 Å². The average Bonchev–Trinajstić information content (AvgIpc) is 3.36. The lowest BCUT2D eigenvalue weighted by Gasteiger charge is -2.50. The molecule has 16 nitrogen and oxygen atoms in total. The van der Waals surface area contributed by atoms with E-state index in [9.17, 15) is 29.4 Å². The number of hydrogen-bond acceptors (Lipinski definition) is 15. The van der Waals surface area contributed by atoms with E-state index in [2.05, 4.69) is 20.4 Å². The number of oxime groups is 1. The van der Waals surface area contributed by atoms with Gasteiger partial charge in [-0.2, -0.15) is 0 Å². The van der Waals surface area contributed by atoms with E-state index in [0.29, 0.717) is 23.1 Å². The van der Waals surface area contributed by atoms with Crippen molar-refractivity contribution in [1.82, 2.24) is 20.2 Å². The predicted octanol–water partition coefficient (Wildman–Crippen LogP) is -1.24. The third-order valence-corrected chi connectivity index (χ3v) is 9.50. The monoisotopic (exact) mass is 651 g/mol. The topological polar surface area (TPSA) is 256 Å². The number of β-lactam (4-membered cyclic amide) rings is 1. The quantitative estimate of drug-likeness (QED) is 0.0449. The molecule has 19 heteroatoms. The highest BCUT2D eigenvalue weighted by molar-refractivity contribution is 8.01. The van der Waals surface area contributed by atoms with Gasteiger partial charge in [0.1, 0.15) is 11.4 Å². The molecule has 1 saturated heterocycles. The van der Waals surface area contributed by atoms with Gasteiger partial charge in [-0.25, -0.2) is 14.3 Å². The molecule has 2 aromatic rings. The molecule has 0 bridgehead atoms. The lowest BCUT2D eigenvalue weighted by Crippen LogP contribution is -2.71. The van der Waals surface area contributed by atoms with E-state index >= 15 is 0 Å². The Kier molecular flexibility index (Phi) is 9.35. The van der Waals surface area contributed by atoms with Crippen molar-refractivity contribution in [2.24, 2.45) is 5.16 Å². The highest BCUT2D eigenvalue weighted by atomic mass is 32.2. The Bertz CT molecular complexity index is 1540. The molecule has 2 amide bonds. The molecule has 0 saturated carbocycles. The molecule has 0 radical (unpaired) electrons. The largest absolute Gasteiger partial charge is 0.543 e. The molecule has 4 rings (SSSR count). The molecule has 1 fully saturated rings. The van der Waals surface area contributed by atoms with Gasteiger partial charge in [0, 0.05) is 17.7 Å². The molecule has 2 unspecified atom stereocenters. The van der Waals surface area contributed by atoms with Gasteiger partial charge in [-0.15, -0.1) is 11.8 Å². The summed E-state index contributed by atoms with van der Waals surface area (Å²) in [5, 5.41) is 27.7. The number of carbonyl (C=O) groups excluding carboxylic acids is 3. The van der Waals surface area contributed by atoms with Crippen LogP contribution in [0.5, 0.6) is 0 Å². The minimum absolute atomic E-state index is 0.118. The van der Waals surface area contributed by atoms with Crippen LogP contribution in [0.1, 0.15) is 32.1 Å². The minimum atomic E-state index is -1.77. The first-order valence-corrected chi connectivity index (χ1v) is 15.6. The molecule has 4 heterocycles. The number of carboxylic acid groups (broad SMARTS) is 2. The van der Waals surface area contributed by atoms with Crippen molar-refractivity contribution in [3.05, 3.63) is 28.4 Å². The van der Waals surface area contributed by atoms with E-state index in [1.165, 1.54) is 43.6 Å². The zero-order valence-electron chi connectivity index (χ0n) is 23.2. The maximum atomic E-state index is 13.3. The summed E-state index contributed by atoms with van der Waals surface area (Å²) < 4.78 is 1.77. The summed E-state index contributed by atoms with van der Waals surface area (Å²) in [5.41, 5.74) is 15.7. The second-order valence-electron chi connectivity index (χ2n) is 9.84. The van der Waals surface area contributed by atoms with E-state index in [1.807, 2.05) is 6.92 Å². The van der Waals surface area contributed by atoms with Crippen molar-refractivity contribution >= 4 is 81.1 Å². The summed E-state index contributed by atoms with van der Waals surface area (Å²) in [4.78, 5) is 64.7. The summed E-state index contributed by atoms with van der Waals surface area (Å²) in [6.45, 7) is 5.04. The van der Waals surface area contributed by atoms with Crippen LogP contribution in [-0.4, -0.2) is 78.0 Å². The van der Waals surface area contributed by atoms with Crippen molar-refractivity contribution in [1.29, 1.82) is 0 Å². The number of carbonyl (C=O) groups is 4. The molecular formula is C24H29N9O7S3. The van der Waals surface area contributed by atoms with Crippen LogP contribution in [-0.2, 0) is 30.6 Å². The minimum Gasteiger partial charge on any atom is -0.543 e. The lowest BCUT2D eigenvalue weighted by molar-refractivity contribution is -0.723. The van der Waals surface area contributed by atoms with E-state index < -0.39 is 40.8 Å². The van der Waals surface area contributed by atoms with Gasteiger partial charge >= 0.3 is 11.1 Å². The van der Waals surface area contributed by atoms with Gasteiger partial charge in [0.2, 0.25) is 17.2 Å². The summed E-state index contributed by atoms with van der Waals surface area (Å²) >= 11 is 3.39. The van der Waals surface area contributed by atoms with Crippen LogP contribution in [0.3, 0.4) is 0 Å². The van der Waals surface area contributed by atoms with Crippen LogP contribution in [0.25, 0.3) is 0 Å². The van der Waals surface area contributed by atoms with Crippen LogP contribution in [0.4, 0.5) is 16.8 Å². The van der Waals surface area contributed by atoms with Crippen molar-refractivity contribution in [2.45, 2.75) is 55.9 Å². The number of anilines is 3. The standard InChI is InChI=1S/C24H29N9O7S3/c1-4-5-32-13(26)6-12(25)29-23(32)42-9-10-8-41-19-15(18(35)33(19)16(10)20(36)37)30-17(34)14(11-7-28-22(27)43-11)31-40-24(2,3)21(38)39/h6-7,15,19H,4-5,8-9H2,1-3H3,(H8,25,26,27,28,30,31,34,36,37,38,39). The first-order chi connectivity index (χ1) is 20.2. The molecule has 0 spiro atoms. The second kappa shape index (κ2) is 12.6. The Balaban J connectivity index is 1.54. The fraction of sp³-hybridized carbons (Fsp3) is 0.417. The number of aliphatic carboxylic acids is 2. The number of nitrogens with two attached hydrogens (primary N) is 3. The van der Waals surface area contributed by atoms with E-state index in [4.69, 9.17) is 22.0 Å². The number of nitrogens with zero attached hydrogens (tertiary/aromatic N) is 5. The number of thioether (sulfide) groups is 2. The molecule has 43 heavy (non-hydrogen) atoms. The normalized spacial score (nSPS) is 18.6. The number of amides is 2. The van der Waals surface area contributed by atoms with Gasteiger partial charge in [-0.3, -0.25) is 14.5 Å². The first-order valence-electron chi connectivity index (χ1n) is 12.7. The summed E-state index contributed by atoms with van der Waals surface area (Å²) in [7, 11) is 0. The number of carboxylic acids is 2. The number of nitrogen functional groups attached to an aromatic ring is 3. The van der Waals surface area contributed by atoms with Gasteiger partial charge in [-0.1, -0.05) is 28.4 Å². The van der Waals surface area contributed by atoms with Crippen LogP contribution >= 0.6 is 34.9 Å². The maximum Gasteiger partial charge on any atom is 0.350 e. The zero-order valence-corrected chi connectivity index (χ0v) is 25.7. The summed E-state index contributed by atoms with van der Waals surface area (Å²) in [5.74, 6) is -3.36. The number of fused-ring (bicyclic) bond motifs is 1. The fourth-order valence-electron chi connectivity index (χ4n) is 4.04. The third-order valence-electron chi connectivity index (χ3n) is 6.27. The number of hydrogen-bond donors (Lipinski definition) is 5. The molecular weight excluding hydrogens is 623 g/mol. The molecule has 2 aliphatic rings. The molecule has 2 aliphatic heterocycles. The van der Waals surface area contributed by atoms with Crippen molar-refractivity contribution in [2.75, 3.05) is 28.7 Å².